The van der Waals surface area contributed by atoms with Crippen LogP contribution in [0.4, 0.5) is 4.79 Å². The van der Waals surface area contributed by atoms with Gasteiger partial charge in [-0.25, -0.2) is 4.79 Å². The number of benzene rings is 2. The van der Waals surface area contributed by atoms with Crippen LogP contribution in [0.1, 0.15) is 68.9 Å². The Hall–Kier alpha value is -2.29. The minimum atomic E-state index is -0.697. The lowest BCUT2D eigenvalue weighted by atomic mass is 9.84. The van der Waals surface area contributed by atoms with E-state index in [0.29, 0.717) is 17.4 Å². The average molecular weight is 352 g/mol. The molecule has 0 heterocycles. The van der Waals surface area contributed by atoms with Crippen molar-refractivity contribution in [2.24, 2.45) is 0 Å². The van der Waals surface area contributed by atoms with Gasteiger partial charge in [-0.1, -0.05) is 56.9 Å². The van der Waals surface area contributed by atoms with Crippen LogP contribution in [-0.2, 0) is 6.42 Å². The van der Waals surface area contributed by atoms with Crippen LogP contribution >= 0.6 is 0 Å². The van der Waals surface area contributed by atoms with Crippen molar-refractivity contribution in [3.05, 3.63) is 59.7 Å². The Balaban J connectivity index is 1.51. The molecule has 3 heteroatoms. The molecule has 0 amide bonds. The number of aryl methyl sites for hydroxylation is 1. The summed E-state index contributed by atoms with van der Waals surface area (Å²) in [5.41, 5.74) is 2.60. The van der Waals surface area contributed by atoms with E-state index < -0.39 is 6.16 Å². The molecule has 0 spiro atoms. The zero-order chi connectivity index (χ0) is 18.2. The lowest BCUT2D eigenvalue weighted by molar-refractivity contribution is 0.152. The van der Waals surface area contributed by atoms with Crippen LogP contribution in [0.2, 0.25) is 0 Å². The second kappa shape index (κ2) is 9.42. The van der Waals surface area contributed by atoms with E-state index >= 15 is 0 Å². The summed E-state index contributed by atoms with van der Waals surface area (Å²) in [6.07, 6.45) is 9.18. The molecule has 0 atom stereocenters. The quantitative estimate of drug-likeness (QED) is 0.431. The third-order valence-corrected chi connectivity index (χ3v) is 5.10. The summed E-state index contributed by atoms with van der Waals surface area (Å²) in [5, 5.41) is 0. The number of ether oxygens (including phenoxy) is 2. The number of carbonyl (C=O) groups is 1. The lowest BCUT2D eigenvalue weighted by Gasteiger charge is -2.21. The van der Waals surface area contributed by atoms with E-state index in [1.54, 1.807) is 0 Å². The van der Waals surface area contributed by atoms with Gasteiger partial charge in [-0.15, -0.1) is 0 Å². The molecule has 0 N–H and O–H groups in total. The molecule has 0 aliphatic heterocycles. The van der Waals surface area contributed by atoms with E-state index in [4.69, 9.17) is 9.47 Å². The Labute approximate surface area is 156 Å². The van der Waals surface area contributed by atoms with Gasteiger partial charge in [-0.3, -0.25) is 0 Å². The summed E-state index contributed by atoms with van der Waals surface area (Å²) in [4.78, 5) is 12.0. The molecule has 3 nitrogen and oxygen atoms in total. The molecular formula is C23H28O3. The maximum absolute atomic E-state index is 12.0. The molecule has 138 valence electrons. The van der Waals surface area contributed by atoms with Crippen LogP contribution < -0.4 is 9.47 Å². The SMILES string of the molecule is CCCCc1ccc(OC(=O)Oc2ccc(C3CCCCC3)cc2)cc1. The van der Waals surface area contributed by atoms with Crippen LogP contribution in [-0.4, -0.2) is 6.16 Å². The number of hydrogen-bond donors (Lipinski definition) is 0. The smallest absolute Gasteiger partial charge is 0.395 e. The maximum Gasteiger partial charge on any atom is 0.519 e. The van der Waals surface area contributed by atoms with E-state index in [2.05, 4.69) is 19.1 Å². The Morgan fingerprint density at radius 1 is 0.885 bits per heavy atom. The first-order valence-electron chi connectivity index (χ1n) is 9.83. The van der Waals surface area contributed by atoms with E-state index in [-0.39, 0.29) is 0 Å². The Kier molecular flexibility index (Phi) is 6.70. The predicted octanol–water partition coefficient (Wildman–Crippen LogP) is 6.65. The van der Waals surface area contributed by atoms with Gasteiger partial charge in [0.05, 0.1) is 0 Å². The summed E-state index contributed by atoms with van der Waals surface area (Å²) in [5.74, 6) is 1.68. The van der Waals surface area contributed by atoms with Crippen LogP contribution in [0.5, 0.6) is 11.5 Å². The highest BCUT2D eigenvalue weighted by atomic mass is 16.7. The third kappa shape index (κ3) is 5.35. The Morgan fingerprint density at radius 3 is 2.04 bits per heavy atom. The van der Waals surface area contributed by atoms with Gasteiger partial charge in [0.25, 0.3) is 0 Å². The third-order valence-electron chi connectivity index (χ3n) is 5.10. The standard InChI is InChI=1S/C23H28O3/c1-2-3-7-18-10-14-21(15-11-18)25-23(24)26-22-16-12-20(13-17-22)19-8-5-4-6-9-19/h10-17,19H,2-9H2,1H3. The summed E-state index contributed by atoms with van der Waals surface area (Å²) in [6.45, 7) is 2.18. The fourth-order valence-corrected chi connectivity index (χ4v) is 3.56. The van der Waals surface area contributed by atoms with Crippen molar-refractivity contribution >= 4 is 6.16 Å². The minimum absolute atomic E-state index is 0.508. The molecule has 26 heavy (non-hydrogen) atoms. The van der Waals surface area contributed by atoms with E-state index in [0.717, 1.165) is 6.42 Å². The zero-order valence-electron chi connectivity index (χ0n) is 15.6. The van der Waals surface area contributed by atoms with Gasteiger partial charge in [0.2, 0.25) is 0 Å². The van der Waals surface area contributed by atoms with Gasteiger partial charge in [-0.2, -0.15) is 0 Å². The molecule has 1 fully saturated rings. The Morgan fingerprint density at radius 2 is 1.46 bits per heavy atom. The van der Waals surface area contributed by atoms with Crippen LogP contribution in [0.25, 0.3) is 0 Å². The first-order valence-corrected chi connectivity index (χ1v) is 9.83. The largest absolute Gasteiger partial charge is 0.519 e. The highest BCUT2D eigenvalue weighted by Gasteiger charge is 2.16. The van der Waals surface area contributed by atoms with Gasteiger partial charge in [-0.05, 0) is 67.0 Å². The molecule has 1 aliphatic carbocycles. The zero-order valence-corrected chi connectivity index (χ0v) is 15.6. The first kappa shape index (κ1) is 18.5. The van der Waals surface area contributed by atoms with Crippen molar-refractivity contribution in [3.8, 4) is 11.5 Å². The van der Waals surface area contributed by atoms with Gasteiger partial charge in [0.15, 0.2) is 0 Å². The van der Waals surface area contributed by atoms with Crippen molar-refractivity contribution in [1.82, 2.24) is 0 Å². The molecule has 3 rings (SSSR count). The van der Waals surface area contributed by atoms with E-state index in [1.165, 1.54) is 56.1 Å². The summed E-state index contributed by atoms with van der Waals surface area (Å²) >= 11 is 0. The fourth-order valence-electron chi connectivity index (χ4n) is 3.56. The molecule has 2 aromatic rings. The normalized spacial score (nSPS) is 14.8. The van der Waals surface area contributed by atoms with Crippen molar-refractivity contribution in [1.29, 1.82) is 0 Å². The highest BCUT2D eigenvalue weighted by Crippen LogP contribution is 2.33. The molecule has 0 bridgehead atoms. The van der Waals surface area contributed by atoms with Gasteiger partial charge >= 0.3 is 6.16 Å². The summed E-state index contributed by atoms with van der Waals surface area (Å²) in [7, 11) is 0. The molecule has 0 unspecified atom stereocenters. The second-order valence-corrected chi connectivity index (χ2v) is 7.11. The number of rotatable bonds is 6. The second-order valence-electron chi connectivity index (χ2n) is 7.11. The van der Waals surface area contributed by atoms with Crippen LogP contribution in [0, 0.1) is 0 Å². The van der Waals surface area contributed by atoms with Crippen LogP contribution in [0.3, 0.4) is 0 Å². The molecule has 1 saturated carbocycles. The topological polar surface area (TPSA) is 35.5 Å². The maximum atomic E-state index is 12.0. The van der Waals surface area contributed by atoms with Crippen molar-refractivity contribution in [2.45, 2.75) is 64.2 Å². The van der Waals surface area contributed by atoms with Crippen molar-refractivity contribution in [2.75, 3.05) is 0 Å². The molecule has 0 radical (unpaired) electrons. The molecule has 0 aromatic heterocycles. The predicted molar refractivity (Wildman–Crippen MR) is 104 cm³/mol. The monoisotopic (exact) mass is 352 g/mol. The van der Waals surface area contributed by atoms with E-state index in [1.807, 2.05) is 36.4 Å². The van der Waals surface area contributed by atoms with Crippen LogP contribution in [0.15, 0.2) is 48.5 Å². The van der Waals surface area contributed by atoms with Gasteiger partial charge in [0, 0.05) is 0 Å². The summed E-state index contributed by atoms with van der Waals surface area (Å²) < 4.78 is 10.6. The highest BCUT2D eigenvalue weighted by molar-refractivity contribution is 5.67. The van der Waals surface area contributed by atoms with Gasteiger partial charge < -0.3 is 9.47 Å². The number of hydrogen-bond acceptors (Lipinski definition) is 3. The van der Waals surface area contributed by atoms with E-state index in [9.17, 15) is 4.79 Å². The van der Waals surface area contributed by atoms with Crippen molar-refractivity contribution in [3.63, 3.8) is 0 Å². The average Bonchev–Trinajstić information content (AvgIpc) is 2.69. The minimum Gasteiger partial charge on any atom is -0.395 e. The van der Waals surface area contributed by atoms with Gasteiger partial charge in [0.1, 0.15) is 11.5 Å². The summed E-state index contributed by atoms with van der Waals surface area (Å²) in [6, 6.07) is 15.5. The molecule has 1 aliphatic rings. The molecular weight excluding hydrogens is 324 g/mol. The first-order chi connectivity index (χ1) is 12.7. The number of carbonyl (C=O) groups excluding carboxylic acids is 1. The molecule has 0 saturated heterocycles. The fraction of sp³-hybridized carbons (Fsp3) is 0.435. The van der Waals surface area contributed by atoms with Crippen molar-refractivity contribution < 1.29 is 14.3 Å². The molecule has 2 aromatic carbocycles. The Bertz CT molecular complexity index is 682. The number of unbranched alkanes of at least 4 members (excludes halogenated alkanes) is 1. The lowest BCUT2D eigenvalue weighted by Crippen LogP contribution is -2.13.